The van der Waals surface area contributed by atoms with E-state index in [0.29, 0.717) is 18.5 Å². The number of rotatable bonds is 6. The van der Waals surface area contributed by atoms with Crippen LogP contribution in [0.2, 0.25) is 0 Å². The van der Waals surface area contributed by atoms with Crippen LogP contribution in [0, 0.1) is 0 Å². The monoisotopic (exact) mass is 278 g/mol. The first kappa shape index (κ1) is 16.0. The Morgan fingerprint density at radius 3 is 2.30 bits per heavy atom. The van der Waals surface area contributed by atoms with Gasteiger partial charge < -0.3 is 16.2 Å². The van der Waals surface area contributed by atoms with Gasteiger partial charge in [0, 0.05) is 5.69 Å². The van der Waals surface area contributed by atoms with E-state index >= 15 is 0 Å². The van der Waals surface area contributed by atoms with Crippen molar-refractivity contribution in [2.45, 2.75) is 45.1 Å². The van der Waals surface area contributed by atoms with Crippen LogP contribution < -0.4 is 11.1 Å². The summed E-state index contributed by atoms with van der Waals surface area (Å²) in [5, 5.41) is 11.7. The molecule has 0 saturated carbocycles. The van der Waals surface area contributed by atoms with Gasteiger partial charge in [-0.3, -0.25) is 4.79 Å². The lowest BCUT2D eigenvalue weighted by atomic mass is 9.83. The molecule has 1 aromatic carbocycles. The molecule has 0 heterocycles. The predicted octanol–water partition coefficient (Wildman–Crippen LogP) is 1.92. The number of amides is 1. The SMILES string of the molecule is CCC[C@H](NC(=O)C(C)(C)c1ccc(N)cc1)C(=O)O. The zero-order valence-corrected chi connectivity index (χ0v) is 12.1. The van der Waals surface area contributed by atoms with Gasteiger partial charge in [-0.1, -0.05) is 25.5 Å². The number of carbonyl (C=O) groups is 2. The fraction of sp³-hybridized carbons (Fsp3) is 0.467. The number of carbonyl (C=O) groups excluding carboxylic acids is 1. The van der Waals surface area contributed by atoms with Crippen LogP contribution in [-0.4, -0.2) is 23.0 Å². The average Bonchev–Trinajstić information content (AvgIpc) is 2.38. The zero-order chi connectivity index (χ0) is 15.3. The molecule has 0 fully saturated rings. The van der Waals surface area contributed by atoms with E-state index in [9.17, 15) is 9.59 Å². The number of hydrogen-bond acceptors (Lipinski definition) is 3. The third kappa shape index (κ3) is 3.73. The molecule has 5 heteroatoms. The average molecular weight is 278 g/mol. The molecule has 0 bridgehead atoms. The maximum atomic E-state index is 12.3. The molecule has 0 aliphatic rings. The molecule has 4 N–H and O–H groups in total. The number of anilines is 1. The summed E-state index contributed by atoms with van der Waals surface area (Å²) in [6.07, 6.45) is 1.11. The molecule has 110 valence electrons. The standard InChI is InChI=1S/C15H22N2O3/c1-4-5-12(13(18)19)17-14(20)15(2,3)10-6-8-11(16)9-7-10/h6-9,12H,4-5,16H2,1-3H3,(H,17,20)(H,18,19)/t12-/m0/s1. The lowest BCUT2D eigenvalue weighted by Gasteiger charge is -2.26. The van der Waals surface area contributed by atoms with Crippen molar-refractivity contribution < 1.29 is 14.7 Å². The highest BCUT2D eigenvalue weighted by molar-refractivity contribution is 5.90. The minimum Gasteiger partial charge on any atom is -0.480 e. The Balaban J connectivity index is 2.88. The number of nitrogen functional groups attached to an aromatic ring is 1. The third-order valence-corrected chi connectivity index (χ3v) is 3.38. The molecule has 1 amide bonds. The summed E-state index contributed by atoms with van der Waals surface area (Å²) < 4.78 is 0. The van der Waals surface area contributed by atoms with Crippen LogP contribution in [0.5, 0.6) is 0 Å². The van der Waals surface area contributed by atoms with Crippen molar-refractivity contribution in [2.24, 2.45) is 0 Å². The van der Waals surface area contributed by atoms with Crippen molar-refractivity contribution in [3.05, 3.63) is 29.8 Å². The summed E-state index contributed by atoms with van der Waals surface area (Å²) in [6.45, 7) is 5.41. The number of carboxylic acids is 1. The van der Waals surface area contributed by atoms with Gasteiger partial charge in [-0.15, -0.1) is 0 Å². The molecule has 0 aliphatic heterocycles. The normalized spacial score (nSPS) is 12.8. The second kappa shape index (κ2) is 6.41. The van der Waals surface area contributed by atoms with Crippen LogP contribution in [-0.2, 0) is 15.0 Å². The molecule has 1 atom stereocenters. The lowest BCUT2D eigenvalue weighted by Crippen LogP contribution is -2.48. The molecule has 1 rings (SSSR count). The van der Waals surface area contributed by atoms with Crippen LogP contribution >= 0.6 is 0 Å². The molecule has 5 nitrogen and oxygen atoms in total. The smallest absolute Gasteiger partial charge is 0.326 e. The number of nitrogens with two attached hydrogens (primary N) is 1. The minimum absolute atomic E-state index is 0.303. The molecule has 0 spiro atoms. The van der Waals surface area contributed by atoms with Crippen LogP contribution in [0.25, 0.3) is 0 Å². The van der Waals surface area contributed by atoms with E-state index in [0.717, 1.165) is 5.56 Å². The Kier molecular flexibility index (Phi) is 5.13. The summed E-state index contributed by atoms with van der Waals surface area (Å²) in [5.41, 5.74) is 6.24. The third-order valence-electron chi connectivity index (χ3n) is 3.38. The molecule has 1 aromatic rings. The van der Waals surface area contributed by atoms with Crippen molar-refractivity contribution in [3.8, 4) is 0 Å². The van der Waals surface area contributed by atoms with Crippen LogP contribution in [0.1, 0.15) is 39.2 Å². The number of benzene rings is 1. The van der Waals surface area contributed by atoms with Gasteiger partial charge in [0.2, 0.25) is 5.91 Å². The Bertz CT molecular complexity index is 480. The summed E-state index contributed by atoms with van der Waals surface area (Å²) in [6, 6.07) is 6.17. The first-order valence-electron chi connectivity index (χ1n) is 6.68. The van der Waals surface area contributed by atoms with E-state index in [1.54, 1.807) is 38.1 Å². The molecule has 0 radical (unpaired) electrons. The van der Waals surface area contributed by atoms with Gasteiger partial charge in [0.1, 0.15) is 6.04 Å². The molecule has 0 aromatic heterocycles. The van der Waals surface area contributed by atoms with E-state index in [1.807, 2.05) is 6.92 Å². The van der Waals surface area contributed by atoms with Crippen molar-refractivity contribution in [1.82, 2.24) is 5.32 Å². The van der Waals surface area contributed by atoms with Gasteiger partial charge in [-0.2, -0.15) is 0 Å². The topological polar surface area (TPSA) is 92.4 Å². The fourth-order valence-corrected chi connectivity index (χ4v) is 1.92. The largest absolute Gasteiger partial charge is 0.480 e. The van der Waals surface area contributed by atoms with E-state index in [-0.39, 0.29) is 5.91 Å². The number of hydrogen-bond donors (Lipinski definition) is 3. The Labute approximate surface area is 119 Å². The Morgan fingerprint density at radius 2 is 1.85 bits per heavy atom. The van der Waals surface area contributed by atoms with Gasteiger partial charge in [-0.25, -0.2) is 4.79 Å². The fourth-order valence-electron chi connectivity index (χ4n) is 1.92. The first-order chi connectivity index (χ1) is 9.28. The Hall–Kier alpha value is -2.04. The van der Waals surface area contributed by atoms with Gasteiger partial charge in [0.05, 0.1) is 5.41 Å². The zero-order valence-electron chi connectivity index (χ0n) is 12.1. The maximum Gasteiger partial charge on any atom is 0.326 e. The number of carboxylic acid groups (broad SMARTS) is 1. The lowest BCUT2D eigenvalue weighted by molar-refractivity contribution is -0.142. The molecule has 0 unspecified atom stereocenters. The van der Waals surface area contributed by atoms with Crippen LogP contribution in [0.15, 0.2) is 24.3 Å². The van der Waals surface area contributed by atoms with Gasteiger partial charge >= 0.3 is 5.97 Å². The van der Waals surface area contributed by atoms with Crippen molar-refractivity contribution in [1.29, 1.82) is 0 Å². The van der Waals surface area contributed by atoms with E-state index in [2.05, 4.69) is 5.32 Å². The summed E-state index contributed by atoms with van der Waals surface area (Å²) in [7, 11) is 0. The van der Waals surface area contributed by atoms with E-state index < -0.39 is 17.4 Å². The second-order valence-corrected chi connectivity index (χ2v) is 5.40. The first-order valence-corrected chi connectivity index (χ1v) is 6.68. The molecular weight excluding hydrogens is 256 g/mol. The highest BCUT2D eigenvalue weighted by atomic mass is 16.4. The van der Waals surface area contributed by atoms with Crippen LogP contribution in [0.3, 0.4) is 0 Å². The highest BCUT2D eigenvalue weighted by Gasteiger charge is 2.32. The van der Waals surface area contributed by atoms with E-state index in [4.69, 9.17) is 10.8 Å². The minimum atomic E-state index is -1.01. The number of nitrogens with one attached hydrogen (secondary N) is 1. The predicted molar refractivity (Wildman–Crippen MR) is 78.4 cm³/mol. The summed E-state index contributed by atoms with van der Waals surface area (Å²) >= 11 is 0. The van der Waals surface area contributed by atoms with Crippen molar-refractivity contribution in [2.75, 3.05) is 5.73 Å². The van der Waals surface area contributed by atoms with Gasteiger partial charge in [-0.05, 0) is 38.0 Å². The summed E-state index contributed by atoms with van der Waals surface area (Å²) in [5.74, 6) is -1.31. The summed E-state index contributed by atoms with van der Waals surface area (Å²) in [4.78, 5) is 23.4. The maximum absolute atomic E-state index is 12.3. The highest BCUT2D eigenvalue weighted by Crippen LogP contribution is 2.24. The Morgan fingerprint density at radius 1 is 1.30 bits per heavy atom. The van der Waals surface area contributed by atoms with Gasteiger partial charge in [0.15, 0.2) is 0 Å². The van der Waals surface area contributed by atoms with Crippen LogP contribution in [0.4, 0.5) is 5.69 Å². The molecular formula is C15H22N2O3. The second-order valence-electron chi connectivity index (χ2n) is 5.40. The number of aliphatic carboxylic acids is 1. The van der Waals surface area contributed by atoms with Crippen molar-refractivity contribution in [3.63, 3.8) is 0 Å². The molecule has 20 heavy (non-hydrogen) atoms. The van der Waals surface area contributed by atoms with E-state index in [1.165, 1.54) is 0 Å². The van der Waals surface area contributed by atoms with Gasteiger partial charge in [0.25, 0.3) is 0 Å². The molecule has 0 saturated heterocycles. The molecule has 0 aliphatic carbocycles. The van der Waals surface area contributed by atoms with Crippen molar-refractivity contribution >= 4 is 17.6 Å². The quantitative estimate of drug-likeness (QED) is 0.693.